The fraction of sp³-hybridized carbons (Fsp3) is 0.500. The number of benzene rings is 1. The first-order chi connectivity index (χ1) is 13.4. The standard InChI is InChI=1S/C20H24N4O3S/c1-28(26,27)24-11-14-10-23(12-16(14)19(24)13-6-3-2-4-7-13)20(25)18-15-8-5-9-17(15)21-22-18/h2-4,6-7,14,16,19H,5,8-12H2,1H3,(H,21,22)/t14-,16-,19+/m1/s1. The monoisotopic (exact) mass is 400 g/mol. The second-order valence-corrected chi connectivity index (χ2v) is 10.1. The van der Waals surface area contributed by atoms with Gasteiger partial charge in [-0.1, -0.05) is 30.3 Å². The third kappa shape index (κ3) is 2.78. The quantitative estimate of drug-likeness (QED) is 0.848. The van der Waals surface area contributed by atoms with Gasteiger partial charge in [0.15, 0.2) is 5.69 Å². The normalized spacial score (nSPS) is 27.2. The zero-order chi connectivity index (χ0) is 19.5. The van der Waals surface area contributed by atoms with E-state index in [2.05, 4.69) is 10.2 Å². The zero-order valence-electron chi connectivity index (χ0n) is 15.8. The molecule has 0 spiro atoms. The molecule has 1 N–H and O–H groups in total. The van der Waals surface area contributed by atoms with E-state index in [1.54, 1.807) is 4.31 Å². The number of fused-ring (bicyclic) bond motifs is 2. The van der Waals surface area contributed by atoms with Gasteiger partial charge in [-0.3, -0.25) is 9.89 Å². The van der Waals surface area contributed by atoms with Crippen LogP contribution >= 0.6 is 0 Å². The molecule has 5 rings (SSSR count). The van der Waals surface area contributed by atoms with Gasteiger partial charge in [-0.2, -0.15) is 9.40 Å². The highest BCUT2D eigenvalue weighted by Crippen LogP contribution is 2.46. The lowest BCUT2D eigenvalue weighted by molar-refractivity contribution is 0.0767. The fourth-order valence-electron chi connectivity index (χ4n) is 5.22. The van der Waals surface area contributed by atoms with E-state index in [1.165, 1.54) is 6.26 Å². The zero-order valence-corrected chi connectivity index (χ0v) is 16.7. The van der Waals surface area contributed by atoms with E-state index in [1.807, 2.05) is 35.2 Å². The number of aromatic nitrogens is 2. The largest absolute Gasteiger partial charge is 0.337 e. The van der Waals surface area contributed by atoms with E-state index in [9.17, 15) is 13.2 Å². The lowest BCUT2D eigenvalue weighted by Gasteiger charge is -2.28. The Kier molecular flexibility index (Phi) is 4.10. The lowest BCUT2D eigenvalue weighted by Crippen LogP contribution is -2.37. The average Bonchev–Trinajstić information content (AvgIpc) is 3.40. The molecule has 2 aliphatic heterocycles. The number of hydrogen-bond donors (Lipinski definition) is 1. The summed E-state index contributed by atoms with van der Waals surface area (Å²) in [4.78, 5) is 15.0. The van der Waals surface area contributed by atoms with Crippen molar-refractivity contribution in [2.75, 3.05) is 25.9 Å². The van der Waals surface area contributed by atoms with Crippen LogP contribution in [0.4, 0.5) is 0 Å². The minimum Gasteiger partial charge on any atom is -0.337 e. The van der Waals surface area contributed by atoms with Gasteiger partial charge in [0.2, 0.25) is 10.0 Å². The summed E-state index contributed by atoms with van der Waals surface area (Å²) >= 11 is 0. The molecule has 148 valence electrons. The highest BCUT2D eigenvalue weighted by atomic mass is 32.2. The molecule has 1 amide bonds. The molecule has 2 saturated heterocycles. The predicted molar refractivity (Wildman–Crippen MR) is 104 cm³/mol. The van der Waals surface area contributed by atoms with Crippen molar-refractivity contribution >= 4 is 15.9 Å². The van der Waals surface area contributed by atoms with Crippen LogP contribution in [0.3, 0.4) is 0 Å². The molecule has 3 heterocycles. The third-order valence-electron chi connectivity index (χ3n) is 6.49. The van der Waals surface area contributed by atoms with Crippen molar-refractivity contribution < 1.29 is 13.2 Å². The van der Waals surface area contributed by atoms with Crippen molar-refractivity contribution in [3.05, 3.63) is 52.8 Å². The minimum absolute atomic E-state index is 0.0217. The number of likely N-dealkylation sites (tertiary alicyclic amines) is 1. The summed E-state index contributed by atoms with van der Waals surface area (Å²) in [6.45, 7) is 1.61. The molecule has 0 radical (unpaired) electrons. The molecule has 3 atom stereocenters. The van der Waals surface area contributed by atoms with Gasteiger partial charge < -0.3 is 4.90 Å². The summed E-state index contributed by atoms with van der Waals surface area (Å²) in [6, 6.07) is 9.56. The lowest BCUT2D eigenvalue weighted by atomic mass is 9.90. The second kappa shape index (κ2) is 6.42. The van der Waals surface area contributed by atoms with E-state index in [-0.39, 0.29) is 23.8 Å². The van der Waals surface area contributed by atoms with Gasteiger partial charge in [-0.05, 0) is 30.7 Å². The first kappa shape index (κ1) is 17.9. The molecule has 1 aromatic carbocycles. The number of hydrogen-bond acceptors (Lipinski definition) is 4. The average molecular weight is 401 g/mol. The first-order valence-corrected chi connectivity index (χ1v) is 11.7. The van der Waals surface area contributed by atoms with Crippen molar-refractivity contribution in [1.29, 1.82) is 0 Å². The number of nitrogens with zero attached hydrogens (tertiary/aromatic N) is 3. The van der Waals surface area contributed by atoms with Gasteiger partial charge in [0.1, 0.15) is 0 Å². The molecule has 1 aromatic heterocycles. The molecule has 8 heteroatoms. The molecule has 28 heavy (non-hydrogen) atoms. The number of rotatable bonds is 3. The van der Waals surface area contributed by atoms with E-state index >= 15 is 0 Å². The van der Waals surface area contributed by atoms with Crippen LogP contribution in [0.25, 0.3) is 0 Å². The Hall–Kier alpha value is -2.19. The molecular weight excluding hydrogens is 376 g/mol. The van der Waals surface area contributed by atoms with Crippen LogP contribution in [0.1, 0.15) is 39.8 Å². The Morgan fingerprint density at radius 1 is 1.14 bits per heavy atom. The van der Waals surface area contributed by atoms with E-state index < -0.39 is 10.0 Å². The number of carbonyl (C=O) groups is 1. The maximum Gasteiger partial charge on any atom is 0.274 e. The van der Waals surface area contributed by atoms with Crippen LogP contribution < -0.4 is 0 Å². The summed E-state index contributed by atoms with van der Waals surface area (Å²) in [7, 11) is -3.32. The second-order valence-electron chi connectivity index (χ2n) is 8.21. The molecule has 3 aliphatic rings. The van der Waals surface area contributed by atoms with Gasteiger partial charge in [-0.25, -0.2) is 8.42 Å². The third-order valence-corrected chi connectivity index (χ3v) is 7.71. The Bertz CT molecular complexity index is 1020. The van der Waals surface area contributed by atoms with Crippen molar-refractivity contribution in [1.82, 2.24) is 19.4 Å². The Balaban J connectivity index is 1.43. The van der Waals surface area contributed by atoms with E-state index in [0.29, 0.717) is 25.3 Å². The molecule has 0 saturated carbocycles. The summed E-state index contributed by atoms with van der Waals surface area (Å²) in [5.41, 5.74) is 3.71. The first-order valence-electron chi connectivity index (χ1n) is 9.80. The number of aromatic amines is 1. The van der Waals surface area contributed by atoms with Crippen LogP contribution in [-0.4, -0.2) is 59.6 Å². The molecule has 7 nitrogen and oxygen atoms in total. The van der Waals surface area contributed by atoms with Crippen LogP contribution in [0.15, 0.2) is 30.3 Å². The Labute approximate surface area is 164 Å². The highest BCUT2D eigenvalue weighted by molar-refractivity contribution is 7.88. The molecular formula is C20H24N4O3S. The van der Waals surface area contributed by atoms with Crippen molar-refractivity contribution in [3.8, 4) is 0 Å². The molecule has 0 bridgehead atoms. The predicted octanol–water partition coefficient (Wildman–Crippen LogP) is 1.60. The molecule has 1 aliphatic carbocycles. The van der Waals surface area contributed by atoms with Gasteiger partial charge in [-0.15, -0.1) is 0 Å². The number of amides is 1. The van der Waals surface area contributed by atoms with Crippen LogP contribution in [0, 0.1) is 11.8 Å². The number of aryl methyl sites for hydroxylation is 1. The van der Waals surface area contributed by atoms with E-state index in [0.717, 1.165) is 36.1 Å². The molecule has 2 fully saturated rings. The van der Waals surface area contributed by atoms with Crippen molar-refractivity contribution in [2.24, 2.45) is 11.8 Å². The maximum atomic E-state index is 13.1. The van der Waals surface area contributed by atoms with Gasteiger partial charge in [0.25, 0.3) is 5.91 Å². The maximum absolute atomic E-state index is 13.1. The van der Waals surface area contributed by atoms with Crippen molar-refractivity contribution in [2.45, 2.75) is 25.3 Å². The molecule has 2 aromatic rings. The summed E-state index contributed by atoms with van der Waals surface area (Å²) < 4.78 is 26.4. The molecule has 0 unspecified atom stereocenters. The Morgan fingerprint density at radius 3 is 2.68 bits per heavy atom. The summed E-state index contributed by atoms with van der Waals surface area (Å²) in [6.07, 6.45) is 4.21. The van der Waals surface area contributed by atoms with Gasteiger partial charge >= 0.3 is 0 Å². The van der Waals surface area contributed by atoms with Crippen LogP contribution in [0.2, 0.25) is 0 Å². The van der Waals surface area contributed by atoms with Crippen molar-refractivity contribution in [3.63, 3.8) is 0 Å². The van der Waals surface area contributed by atoms with Crippen LogP contribution in [0.5, 0.6) is 0 Å². The number of nitrogens with one attached hydrogen (secondary N) is 1. The summed E-state index contributed by atoms with van der Waals surface area (Å²) in [5.74, 6) is 0.232. The summed E-state index contributed by atoms with van der Waals surface area (Å²) in [5, 5.41) is 7.30. The minimum atomic E-state index is -3.32. The highest BCUT2D eigenvalue weighted by Gasteiger charge is 2.51. The topological polar surface area (TPSA) is 86.4 Å². The SMILES string of the molecule is CS(=O)(=O)N1C[C@H]2CN(C(=O)c3n[nH]c4c3CCC4)C[C@H]2[C@@H]1c1ccccc1. The van der Waals surface area contributed by atoms with Gasteiger partial charge in [0, 0.05) is 36.8 Å². The van der Waals surface area contributed by atoms with Gasteiger partial charge in [0.05, 0.1) is 12.3 Å². The van der Waals surface area contributed by atoms with E-state index in [4.69, 9.17) is 0 Å². The number of carbonyl (C=O) groups excluding carboxylic acids is 1. The number of sulfonamides is 1. The fourth-order valence-corrected chi connectivity index (χ4v) is 6.38. The number of H-pyrrole nitrogens is 1. The van der Waals surface area contributed by atoms with Crippen LogP contribution in [-0.2, 0) is 22.9 Å². The Morgan fingerprint density at radius 2 is 1.93 bits per heavy atom. The smallest absolute Gasteiger partial charge is 0.274 e.